The molecule has 2 saturated carbocycles. The molecule has 1 aromatic heterocycles. The maximum Gasteiger partial charge on any atom is 0.311 e. The van der Waals surface area contributed by atoms with E-state index >= 15 is 0 Å². The number of tetrazole rings is 1. The molecule has 1 atom stereocenters. The van der Waals surface area contributed by atoms with Crippen LogP contribution in [0.4, 0.5) is 0 Å². The summed E-state index contributed by atoms with van der Waals surface area (Å²) in [6.45, 7) is 0.237. The number of carbonyl (C=O) groups excluding carboxylic acids is 1. The Morgan fingerprint density at radius 3 is 2.32 bits per heavy atom. The number of carboxylic acid groups (broad SMARTS) is 1. The monoisotopic (exact) mass is 509 g/mol. The zero-order valence-electron chi connectivity index (χ0n) is 21.2. The van der Waals surface area contributed by atoms with Crippen LogP contribution in [-0.4, -0.2) is 44.2 Å². The highest BCUT2D eigenvalue weighted by Gasteiger charge is 2.43. The van der Waals surface area contributed by atoms with Gasteiger partial charge in [0.05, 0.1) is 5.41 Å². The first-order valence-corrected chi connectivity index (χ1v) is 13.4. The van der Waals surface area contributed by atoms with Crippen molar-refractivity contribution in [2.45, 2.75) is 44.9 Å². The lowest BCUT2D eigenvalue weighted by atomic mass is 9.85. The van der Waals surface area contributed by atoms with Gasteiger partial charge in [0.1, 0.15) is 0 Å². The van der Waals surface area contributed by atoms with Crippen LogP contribution in [0.5, 0.6) is 0 Å². The van der Waals surface area contributed by atoms with Gasteiger partial charge in [0.25, 0.3) is 0 Å². The number of hydrogen-bond acceptors (Lipinski definition) is 5. The van der Waals surface area contributed by atoms with Crippen LogP contribution < -0.4 is 5.32 Å². The maximum atomic E-state index is 13.2. The van der Waals surface area contributed by atoms with Crippen molar-refractivity contribution in [1.82, 2.24) is 25.9 Å². The van der Waals surface area contributed by atoms with Crippen molar-refractivity contribution in [2.75, 3.05) is 6.54 Å². The molecule has 2 aliphatic rings. The summed E-state index contributed by atoms with van der Waals surface area (Å²) in [7, 11) is 0. The highest BCUT2D eigenvalue weighted by molar-refractivity contribution is 5.88. The van der Waals surface area contributed by atoms with E-state index in [9.17, 15) is 14.7 Å². The van der Waals surface area contributed by atoms with Crippen molar-refractivity contribution < 1.29 is 14.7 Å². The Bertz CT molecular complexity index is 1460. The van der Waals surface area contributed by atoms with Crippen LogP contribution in [0.1, 0.15) is 44.1 Å². The summed E-state index contributed by atoms with van der Waals surface area (Å²) in [5.74, 6) is 0.0556. The number of nitrogens with one attached hydrogen (secondary N) is 2. The fraction of sp³-hybridized carbons (Fsp3) is 0.367. The molecule has 1 heterocycles. The summed E-state index contributed by atoms with van der Waals surface area (Å²) >= 11 is 0. The molecular formula is C30H31N5O3. The van der Waals surface area contributed by atoms with Crippen LogP contribution in [0.3, 0.4) is 0 Å². The standard InChI is InChI=1S/C30H31N5O3/c36-28(31-18-30(29(37)38)13-1-2-14-30)26(21-7-8-21)16-19-3-4-25-17-24(12-11-23(25)15-19)20-5-9-22(10-6-20)27-32-34-35-33-27/h3-6,9-12,15,17,21,26H,1-2,7-8,13-14,16,18H2,(H,31,36)(H,37,38)(H,32,33,34,35). The first-order chi connectivity index (χ1) is 18.5. The Morgan fingerprint density at radius 2 is 1.63 bits per heavy atom. The fourth-order valence-corrected chi connectivity index (χ4v) is 5.83. The van der Waals surface area contributed by atoms with Crippen molar-refractivity contribution in [1.29, 1.82) is 0 Å². The van der Waals surface area contributed by atoms with E-state index in [0.29, 0.717) is 31.0 Å². The first kappa shape index (κ1) is 24.3. The zero-order valence-corrected chi connectivity index (χ0v) is 21.2. The van der Waals surface area contributed by atoms with E-state index in [1.54, 1.807) is 0 Å². The van der Waals surface area contributed by atoms with Gasteiger partial charge < -0.3 is 10.4 Å². The molecule has 3 aromatic carbocycles. The molecule has 4 aromatic rings. The number of amides is 1. The average molecular weight is 510 g/mol. The Morgan fingerprint density at radius 1 is 0.947 bits per heavy atom. The number of H-pyrrole nitrogens is 1. The molecule has 38 heavy (non-hydrogen) atoms. The summed E-state index contributed by atoms with van der Waals surface area (Å²) in [4.78, 5) is 25.1. The molecule has 2 fully saturated rings. The van der Waals surface area contributed by atoms with Gasteiger partial charge in [-0.2, -0.15) is 5.21 Å². The predicted octanol–water partition coefficient (Wildman–Crippen LogP) is 5.02. The number of benzene rings is 3. The molecule has 194 valence electrons. The molecule has 0 saturated heterocycles. The Hall–Kier alpha value is -4.07. The molecule has 0 aliphatic heterocycles. The third kappa shape index (κ3) is 4.90. The Kier molecular flexibility index (Phi) is 6.39. The molecule has 6 rings (SSSR count). The molecule has 0 spiro atoms. The van der Waals surface area contributed by atoms with E-state index in [2.05, 4.69) is 74.5 Å². The Balaban J connectivity index is 1.15. The number of aliphatic carboxylic acids is 1. The molecule has 2 aliphatic carbocycles. The van der Waals surface area contributed by atoms with Gasteiger partial charge >= 0.3 is 5.97 Å². The highest BCUT2D eigenvalue weighted by atomic mass is 16.4. The number of aromatic amines is 1. The molecule has 0 radical (unpaired) electrons. The Labute approximate surface area is 220 Å². The lowest BCUT2D eigenvalue weighted by molar-refractivity contribution is -0.148. The van der Waals surface area contributed by atoms with Crippen LogP contribution >= 0.6 is 0 Å². The average Bonchev–Trinajstić information content (AvgIpc) is 3.40. The van der Waals surface area contributed by atoms with Crippen LogP contribution in [-0.2, 0) is 16.0 Å². The second-order valence-corrected chi connectivity index (χ2v) is 10.9. The van der Waals surface area contributed by atoms with Crippen molar-refractivity contribution in [3.63, 3.8) is 0 Å². The molecule has 0 bridgehead atoms. The molecule has 8 heteroatoms. The quantitative estimate of drug-likeness (QED) is 0.291. The van der Waals surface area contributed by atoms with E-state index in [1.807, 2.05) is 12.1 Å². The van der Waals surface area contributed by atoms with Crippen molar-refractivity contribution >= 4 is 22.6 Å². The number of aromatic nitrogens is 4. The number of carbonyl (C=O) groups is 2. The minimum Gasteiger partial charge on any atom is -0.481 e. The summed E-state index contributed by atoms with van der Waals surface area (Å²) in [6, 6.07) is 20.9. The maximum absolute atomic E-state index is 13.2. The van der Waals surface area contributed by atoms with Gasteiger partial charge in [-0.25, -0.2) is 0 Å². The van der Waals surface area contributed by atoms with E-state index in [4.69, 9.17) is 0 Å². The molecular weight excluding hydrogens is 478 g/mol. The number of rotatable bonds is 9. The van der Waals surface area contributed by atoms with Gasteiger partial charge in [0.2, 0.25) is 11.7 Å². The van der Waals surface area contributed by atoms with Crippen LogP contribution in [0.15, 0.2) is 60.7 Å². The summed E-state index contributed by atoms with van der Waals surface area (Å²) in [5, 5.41) is 29.2. The van der Waals surface area contributed by atoms with E-state index in [1.165, 1.54) is 0 Å². The second kappa shape index (κ2) is 10.0. The van der Waals surface area contributed by atoms with Crippen molar-refractivity contribution in [3.05, 3.63) is 66.2 Å². The lowest BCUT2D eigenvalue weighted by Gasteiger charge is -2.25. The third-order valence-corrected chi connectivity index (χ3v) is 8.33. The molecule has 1 unspecified atom stereocenters. The number of carboxylic acids is 1. The number of fused-ring (bicyclic) bond motifs is 1. The highest BCUT2D eigenvalue weighted by Crippen LogP contribution is 2.40. The predicted molar refractivity (Wildman–Crippen MR) is 144 cm³/mol. The zero-order chi connectivity index (χ0) is 26.1. The largest absolute Gasteiger partial charge is 0.481 e. The molecule has 3 N–H and O–H groups in total. The van der Waals surface area contributed by atoms with Gasteiger partial charge in [0, 0.05) is 18.0 Å². The van der Waals surface area contributed by atoms with Crippen LogP contribution in [0.2, 0.25) is 0 Å². The molecule has 1 amide bonds. The topological polar surface area (TPSA) is 121 Å². The minimum absolute atomic E-state index is 0.000243. The third-order valence-electron chi connectivity index (χ3n) is 8.33. The van der Waals surface area contributed by atoms with Crippen LogP contribution in [0.25, 0.3) is 33.3 Å². The second-order valence-electron chi connectivity index (χ2n) is 10.9. The van der Waals surface area contributed by atoms with Crippen molar-refractivity contribution in [2.24, 2.45) is 17.3 Å². The van der Waals surface area contributed by atoms with Gasteiger partial charge in [-0.05, 0) is 76.8 Å². The summed E-state index contributed by atoms with van der Waals surface area (Å²) < 4.78 is 0. The van der Waals surface area contributed by atoms with E-state index in [-0.39, 0.29) is 18.4 Å². The van der Waals surface area contributed by atoms with Gasteiger partial charge in [-0.15, -0.1) is 10.2 Å². The van der Waals surface area contributed by atoms with E-state index in [0.717, 1.165) is 58.7 Å². The van der Waals surface area contributed by atoms with Gasteiger partial charge in [-0.3, -0.25) is 9.59 Å². The lowest BCUT2D eigenvalue weighted by Crippen LogP contribution is -2.44. The first-order valence-electron chi connectivity index (χ1n) is 13.4. The number of nitrogens with zero attached hydrogens (tertiary/aromatic N) is 3. The molecule has 8 nitrogen and oxygen atoms in total. The summed E-state index contributed by atoms with van der Waals surface area (Å²) in [5.41, 5.74) is 3.48. The normalized spacial score (nSPS) is 17.4. The SMILES string of the molecule is O=C(NCC1(C(=O)O)CCCC1)C(Cc1ccc2cc(-c3ccc(-c4nn[nH]n4)cc3)ccc2c1)C1CC1. The van der Waals surface area contributed by atoms with Crippen LogP contribution in [0, 0.1) is 17.3 Å². The van der Waals surface area contributed by atoms with Gasteiger partial charge in [-0.1, -0.05) is 67.4 Å². The minimum atomic E-state index is -0.794. The van der Waals surface area contributed by atoms with Gasteiger partial charge in [0.15, 0.2) is 0 Å². The summed E-state index contributed by atoms with van der Waals surface area (Å²) in [6.07, 6.45) is 5.91. The van der Waals surface area contributed by atoms with Crippen molar-refractivity contribution in [3.8, 4) is 22.5 Å². The number of hydrogen-bond donors (Lipinski definition) is 3. The smallest absolute Gasteiger partial charge is 0.311 e. The fourth-order valence-electron chi connectivity index (χ4n) is 5.83. The van der Waals surface area contributed by atoms with E-state index < -0.39 is 11.4 Å².